The van der Waals surface area contributed by atoms with E-state index in [4.69, 9.17) is 4.74 Å². The third-order valence-corrected chi connectivity index (χ3v) is 9.84. The lowest BCUT2D eigenvalue weighted by molar-refractivity contribution is -0.00633. The number of ether oxygens (including phenoxy) is 1. The number of allylic oxidation sites excluding steroid dienone is 1. The van der Waals surface area contributed by atoms with E-state index in [-0.39, 0.29) is 36.4 Å². The van der Waals surface area contributed by atoms with E-state index >= 15 is 8.78 Å². The van der Waals surface area contributed by atoms with Crippen LogP contribution in [0, 0.1) is 19.8 Å². The van der Waals surface area contributed by atoms with Gasteiger partial charge >= 0.3 is 11.3 Å². The zero-order valence-corrected chi connectivity index (χ0v) is 27.4. The molecule has 0 aromatic heterocycles. The molecule has 244 valence electrons. The maximum Gasteiger partial charge on any atom is 0.414 e. The normalized spacial score (nSPS) is 15.9. The van der Waals surface area contributed by atoms with Crippen molar-refractivity contribution in [1.29, 1.82) is 0 Å². The van der Waals surface area contributed by atoms with Gasteiger partial charge in [-0.1, -0.05) is 25.6 Å². The number of sulfonamides is 1. The average molecular weight is 640 g/mol. The van der Waals surface area contributed by atoms with Crippen LogP contribution in [0.25, 0.3) is 0 Å². The Bertz CT molecular complexity index is 1430. The average Bonchev–Trinajstić information content (AvgIpc) is 2.96. The molecule has 1 aliphatic rings. The third kappa shape index (κ3) is 8.26. The highest BCUT2D eigenvalue weighted by Crippen LogP contribution is 2.36. The number of benzene rings is 2. The first-order valence-corrected chi connectivity index (χ1v) is 16.1. The fraction of sp³-hybridized carbons (Fsp3) is 0.531. The molecule has 8 nitrogen and oxygen atoms in total. The molecule has 1 saturated heterocycles. The molecule has 1 heterocycles. The summed E-state index contributed by atoms with van der Waals surface area (Å²) in [6.45, 7) is 14.4. The summed E-state index contributed by atoms with van der Waals surface area (Å²) >= 11 is 0. The van der Waals surface area contributed by atoms with Crippen molar-refractivity contribution in [1.82, 2.24) is 9.62 Å². The number of carbonyl (C=O) groups is 1. The summed E-state index contributed by atoms with van der Waals surface area (Å²) in [5, 5.41) is -0.699. The summed E-state index contributed by atoms with van der Waals surface area (Å²) in [7, 11) is -3.44. The number of piperidine rings is 1. The van der Waals surface area contributed by atoms with Crippen LogP contribution in [0.2, 0.25) is 0 Å². The van der Waals surface area contributed by atoms with Crippen molar-refractivity contribution in [3.05, 3.63) is 70.9 Å². The number of nitrogens with one attached hydrogen (secondary N) is 1. The Morgan fingerprint density at radius 3 is 2.25 bits per heavy atom. The van der Waals surface area contributed by atoms with Gasteiger partial charge in [0.05, 0.1) is 12.5 Å². The van der Waals surface area contributed by atoms with Crippen LogP contribution >= 0.6 is 0 Å². The molecule has 44 heavy (non-hydrogen) atoms. The van der Waals surface area contributed by atoms with Gasteiger partial charge in [-0.05, 0) is 100 Å². The van der Waals surface area contributed by atoms with E-state index in [1.807, 2.05) is 13.0 Å². The van der Waals surface area contributed by atoms with Gasteiger partial charge in [0.25, 0.3) is 10.0 Å². The van der Waals surface area contributed by atoms with Crippen LogP contribution in [-0.4, -0.2) is 49.8 Å². The van der Waals surface area contributed by atoms with Gasteiger partial charge in [-0.25, -0.2) is 13.2 Å². The molecule has 0 saturated carbocycles. The van der Waals surface area contributed by atoms with Gasteiger partial charge in [0, 0.05) is 42.0 Å². The molecule has 3 rings (SSSR count). The minimum Gasteiger partial charge on any atom is -0.443 e. The molecule has 2 aromatic carbocycles. The highest BCUT2D eigenvalue weighted by molar-refractivity contribution is 7.90. The van der Waals surface area contributed by atoms with Gasteiger partial charge in [0.15, 0.2) is 5.75 Å². The Morgan fingerprint density at radius 1 is 1.14 bits per heavy atom. The van der Waals surface area contributed by atoms with Gasteiger partial charge in [-0.3, -0.25) is 9.84 Å². The Labute approximate surface area is 259 Å². The molecule has 1 unspecified atom stereocenters. The number of carbonyl (C=O) groups excluding carboxylic acids is 1. The van der Waals surface area contributed by atoms with E-state index in [0.29, 0.717) is 41.8 Å². The predicted molar refractivity (Wildman–Crippen MR) is 166 cm³/mol. The molecule has 2 aromatic rings. The van der Waals surface area contributed by atoms with Crippen molar-refractivity contribution in [2.45, 2.75) is 84.1 Å². The highest BCUT2D eigenvalue weighted by atomic mass is 32.2. The van der Waals surface area contributed by atoms with Crippen LogP contribution in [0.1, 0.15) is 75.3 Å². The lowest BCUT2D eigenvalue weighted by Gasteiger charge is -2.35. The van der Waals surface area contributed by atoms with E-state index in [1.165, 1.54) is 18.0 Å². The Hall–Kier alpha value is -3.25. The Balaban J connectivity index is 1.67. The van der Waals surface area contributed by atoms with Gasteiger partial charge in [-0.15, -0.1) is 0 Å². The summed E-state index contributed by atoms with van der Waals surface area (Å²) in [5.41, 5.74) is 2.32. The van der Waals surface area contributed by atoms with Crippen LogP contribution in [-0.2, 0) is 21.2 Å². The van der Waals surface area contributed by atoms with Crippen molar-refractivity contribution in [3.8, 4) is 5.75 Å². The van der Waals surface area contributed by atoms with Crippen LogP contribution < -0.4 is 15.2 Å². The second kappa shape index (κ2) is 13.8. The van der Waals surface area contributed by atoms with E-state index < -0.39 is 33.4 Å². The minimum atomic E-state index is -4.97. The fourth-order valence-corrected chi connectivity index (χ4v) is 6.75. The maximum atomic E-state index is 15.5. The number of nitrogens with zero attached hydrogens (tertiary/aromatic N) is 2. The third-order valence-electron chi connectivity index (χ3n) is 7.90. The van der Waals surface area contributed by atoms with Crippen molar-refractivity contribution >= 4 is 21.8 Å². The first kappa shape index (κ1) is 35.2. The number of amides is 1. The molecular weight excluding hydrogens is 595 g/mol. The summed E-state index contributed by atoms with van der Waals surface area (Å²) in [4.78, 5) is 17.6. The van der Waals surface area contributed by atoms with Crippen LogP contribution in [0.5, 0.6) is 5.75 Å². The van der Waals surface area contributed by atoms with Crippen molar-refractivity contribution in [2.75, 3.05) is 25.0 Å². The molecule has 1 atom stereocenters. The molecular formula is C32H44F3N3O5S. The maximum absolute atomic E-state index is 15.5. The topological polar surface area (TPSA) is 88.2 Å². The second-order valence-corrected chi connectivity index (χ2v) is 14.4. The Morgan fingerprint density at radius 2 is 1.73 bits per heavy atom. The zero-order valence-electron chi connectivity index (χ0n) is 26.5. The van der Waals surface area contributed by atoms with Crippen LogP contribution in [0.3, 0.4) is 0 Å². The van der Waals surface area contributed by atoms with E-state index in [2.05, 4.69) is 16.8 Å². The van der Waals surface area contributed by atoms with Gasteiger partial charge in [0.1, 0.15) is 5.60 Å². The Kier molecular flexibility index (Phi) is 11.1. The summed E-state index contributed by atoms with van der Waals surface area (Å²) in [5.74, 6) is -0.0361. The lowest BCUT2D eigenvalue weighted by atomic mass is 9.93. The highest BCUT2D eigenvalue weighted by Gasteiger charge is 2.50. The fourth-order valence-electron chi connectivity index (χ4n) is 5.35. The smallest absolute Gasteiger partial charge is 0.414 e. The molecule has 1 aliphatic heterocycles. The number of hydrogen-bond acceptors (Lipinski definition) is 6. The summed E-state index contributed by atoms with van der Waals surface area (Å²) < 4.78 is 76.4. The van der Waals surface area contributed by atoms with Gasteiger partial charge in [0.2, 0.25) is 0 Å². The molecule has 1 amide bonds. The van der Waals surface area contributed by atoms with E-state index in [9.17, 15) is 17.7 Å². The van der Waals surface area contributed by atoms with Gasteiger partial charge < -0.3 is 10.1 Å². The van der Waals surface area contributed by atoms with Crippen molar-refractivity contribution < 1.29 is 36.2 Å². The number of anilines is 1. The summed E-state index contributed by atoms with van der Waals surface area (Å²) in [6, 6.07) is 9.57. The zero-order chi connectivity index (χ0) is 33.0. The van der Waals surface area contributed by atoms with Crippen LogP contribution in [0.15, 0.2) is 48.7 Å². The minimum absolute atomic E-state index is 0.0666. The lowest BCUT2D eigenvalue weighted by Crippen LogP contribution is -2.48. The first-order chi connectivity index (χ1) is 20.4. The van der Waals surface area contributed by atoms with Gasteiger partial charge in [-0.2, -0.15) is 13.1 Å². The van der Waals surface area contributed by atoms with Crippen LogP contribution in [0.4, 0.5) is 23.8 Å². The number of halogens is 3. The molecule has 0 spiro atoms. The predicted octanol–water partition coefficient (Wildman–Crippen LogP) is 7.37. The number of hydrogen-bond donors (Lipinski definition) is 1. The van der Waals surface area contributed by atoms with Crippen molar-refractivity contribution in [3.63, 3.8) is 0 Å². The number of alkyl halides is 2. The monoisotopic (exact) mass is 639 g/mol. The molecule has 12 heteroatoms. The van der Waals surface area contributed by atoms with Crippen molar-refractivity contribution in [2.24, 2.45) is 5.92 Å². The molecule has 1 N–H and O–H groups in total. The van der Waals surface area contributed by atoms with E-state index in [0.717, 1.165) is 9.87 Å². The molecule has 1 fully saturated rings. The number of aryl methyl sites for hydroxylation is 2. The molecule has 0 radical (unpaired) electrons. The SMILES string of the molecule is C=C(NC(CC)c1cccc(OF)c1)C1CCN(S(=O)(=O)C(F)(F)Cc2c(C)cc(N(C)C(=O)OC(C)(C)C)cc2C)CC1. The largest absolute Gasteiger partial charge is 0.443 e. The standard InChI is InChI=1S/C32H44F3N3O5S/c1-9-29(25-11-10-12-27(19-25)43-35)36-23(4)24-13-15-38(16-14-24)44(40,41)32(33,34)20-28-21(2)17-26(18-22(28)3)37(8)30(39)42-31(5,6)7/h10-12,17-19,24,29,36H,4,9,13-16,20H2,1-3,5-8H3. The summed E-state index contributed by atoms with van der Waals surface area (Å²) in [6.07, 6.45) is -0.253. The quantitative estimate of drug-likeness (QED) is 0.276. The molecule has 0 aliphatic carbocycles. The molecule has 0 bridgehead atoms. The number of rotatable bonds is 11. The van der Waals surface area contributed by atoms with E-state index in [1.54, 1.807) is 58.9 Å². The first-order valence-electron chi connectivity index (χ1n) is 14.7. The second-order valence-electron chi connectivity index (χ2n) is 12.4.